The van der Waals surface area contributed by atoms with Gasteiger partial charge < -0.3 is 38.7 Å². The van der Waals surface area contributed by atoms with Crippen molar-refractivity contribution in [3.8, 4) is 23.0 Å². The highest BCUT2D eigenvalue weighted by Gasteiger charge is 2.66. The molecule has 6 unspecified atom stereocenters. The van der Waals surface area contributed by atoms with E-state index in [0.29, 0.717) is 71.7 Å². The molecule has 3 aromatic carbocycles. The molecule has 354 valence electrons. The number of hydrogen-bond acceptors (Lipinski definition) is 13. The Morgan fingerprint density at radius 2 is 1.77 bits per heavy atom. The SMILES string of the molecule is C=CCOC12Oc3ccc(OC(=O)Nc4ccc(OC)cc4OC)cc3C3C(CCCCO)C(CCCCO)C=C(C(=NOCC)CC1N(CCC)S(=O)(=O)c1cccc4cccnc14)C32. The summed E-state index contributed by atoms with van der Waals surface area (Å²) in [6, 6.07) is 18.0. The third-order valence-corrected chi connectivity index (χ3v) is 14.7. The number of hydrogen-bond donors (Lipinski definition) is 3. The maximum atomic E-state index is 15.5. The molecule has 16 heteroatoms. The number of fused-ring (bicyclic) bond motifs is 3. The van der Waals surface area contributed by atoms with Gasteiger partial charge in [0.25, 0.3) is 0 Å². The first-order chi connectivity index (χ1) is 32.1. The number of oxime groups is 1. The Kier molecular flexibility index (Phi) is 16.0. The van der Waals surface area contributed by atoms with E-state index in [1.807, 2.05) is 32.0 Å². The fraction of sp³-hybridized carbons (Fsp3) is 0.460. The van der Waals surface area contributed by atoms with E-state index in [-0.39, 0.29) is 61.9 Å². The van der Waals surface area contributed by atoms with Crippen LogP contribution in [0.25, 0.3) is 10.9 Å². The van der Waals surface area contributed by atoms with Gasteiger partial charge in [-0.15, -0.1) is 6.58 Å². The fourth-order valence-corrected chi connectivity index (χ4v) is 11.9. The number of para-hydroxylation sites is 1. The lowest BCUT2D eigenvalue weighted by Crippen LogP contribution is -2.70. The average Bonchev–Trinajstić information content (AvgIpc) is 3.33. The molecule has 3 N–H and O–H groups in total. The lowest BCUT2D eigenvalue weighted by atomic mass is 9.55. The van der Waals surface area contributed by atoms with Gasteiger partial charge in [0.1, 0.15) is 34.5 Å². The number of unbranched alkanes of at least 4 members (excludes halogenated alkanes) is 2. The molecule has 1 fully saturated rings. The number of aliphatic hydroxyl groups excluding tert-OH is 2. The Bertz CT molecular complexity index is 2510. The Labute approximate surface area is 387 Å². The molecular weight excluding hydrogens is 865 g/mol. The number of anilines is 1. The number of methoxy groups -OCH3 is 2. The van der Waals surface area contributed by atoms with Crippen LogP contribution in [0.2, 0.25) is 0 Å². The molecule has 6 atom stereocenters. The summed E-state index contributed by atoms with van der Waals surface area (Å²) < 4.78 is 63.6. The van der Waals surface area contributed by atoms with Crippen molar-refractivity contribution in [2.75, 3.05) is 52.5 Å². The number of nitrogens with one attached hydrogen (secondary N) is 1. The van der Waals surface area contributed by atoms with Crippen molar-refractivity contribution in [2.24, 2.45) is 22.9 Å². The molecule has 1 amide bonds. The molecule has 0 radical (unpaired) electrons. The molecule has 2 heterocycles. The molecule has 4 aromatic rings. The number of sulfonamides is 1. The number of aromatic nitrogens is 1. The molecule has 15 nitrogen and oxygen atoms in total. The highest BCUT2D eigenvalue weighted by molar-refractivity contribution is 7.89. The number of pyridine rings is 1. The van der Waals surface area contributed by atoms with Crippen molar-refractivity contribution in [1.29, 1.82) is 0 Å². The number of ether oxygens (including phenoxy) is 5. The number of carbonyl (C=O) groups excluding carboxylic acids is 1. The van der Waals surface area contributed by atoms with Crippen LogP contribution in [0.5, 0.6) is 23.0 Å². The predicted octanol–water partition coefficient (Wildman–Crippen LogP) is 8.62. The summed E-state index contributed by atoms with van der Waals surface area (Å²) in [7, 11) is -1.29. The Balaban J connectivity index is 1.43. The first-order valence-electron chi connectivity index (χ1n) is 22.9. The molecule has 2 aliphatic carbocycles. The minimum Gasteiger partial charge on any atom is -0.497 e. The topological polar surface area (TPSA) is 188 Å². The Morgan fingerprint density at radius 1 is 1.00 bits per heavy atom. The smallest absolute Gasteiger partial charge is 0.417 e. The number of rotatable bonds is 22. The summed E-state index contributed by atoms with van der Waals surface area (Å²) in [5, 5.41) is 28.1. The molecular formula is C50H62N4O11S. The molecule has 1 aliphatic heterocycles. The first-order valence-corrected chi connectivity index (χ1v) is 24.3. The molecule has 66 heavy (non-hydrogen) atoms. The second-order valence-electron chi connectivity index (χ2n) is 16.7. The van der Waals surface area contributed by atoms with Crippen LogP contribution in [0, 0.1) is 17.8 Å². The Morgan fingerprint density at radius 3 is 2.50 bits per heavy atom. The van der Waals surface area contributed by atoms with E-state index in [0.717, 1.165) is 24.0 Å². The molecule has 0 bridgehead atoms. The fourth-order valence-electron chi connectivity index (χ4n) is 10.0. The van der Waals surface area contributed by atoms with Gasteiger partial charge in [-0.25, -0.2) is 13.2 Å². The van der Waals surface area contributed by atoms with E-state index in [1.165, 1.54) is 11.4 Å². The Hall–Kier alpha value is -5.52. The number of aliphatic hydroxyl groups is 2. The lowest BCUT2D eigenvalue weighted by molar-refractivity contribution is -0.251. The average molecular weight is 927 g/mol. The molecule has 3 aliphatic rings. The van der Waals surface area contributed by atoms with Gasteiger partial charge in [0.15, 0.2) is 0 Å². The van der Waals surface area contributed by atoms with Crippen LogP contribution in [0.1, 0.15) is 76.7 Å². The molecule has 0 spiro atoms. The van der Waals surface area contributed by atoms with Crippen molar-refractivity contribution in [2.45, 2.75) is 87.9 Å². The van der Waals surface area contributed by atoms with Crippen LogP contribution >= 0.6 is 0 Å². The van der Waals surface area contributed by atoms with E-state index < -0.39 is 39.8 Å². The maximum absolute atomic E-state index is 15.5. The second kappa shape index (κ2) is 21.9. The summed E-state index contributed by atoms with van der Waals surface area (Å²) >= 11 is 0. The van der Waals surface area contributed by atoms with Crippen molar-refractivity contribution < 1.29 is 51.9 Å². The third kappa shape index (κ3) is 9.79. The van der Waals surface area contributed by atoms with Crippen molar-refractivity contribution in [3.05, 3.63) is 103 Å². The van der Waals surface area contributed by atoms with Crippen LogP contribution in [0.4, 0.5) is 10.5 Å². The second-order valence-corrected chi connectivity index (χ2v) is 18.6. The van der Waals surface area contributed by atoms with E-state index in [4.69, 9.17) is 33.7 Å². The van der Waals surface area contributed by atoms with Gasteiger partial charge in [0.05, 0.1) is 49.7 Å². The van der Waals surface area contributed by atoms with Crippen molar-refractivity contribution in [1.82, 2.24) is 9.29 Å². The van der Waals surface area contributed by atoms with E-state index in [1.54, 1.807) is 67.9 Å². The molecule has 1 aromatic heterocycles. The third-order valence-electron chi connectivity index (χ3n) is 12.8. The number of allylic oxidation sites excluding steroid dienone is 1. The van der Waals surface area contributed by atoms with Crippen molar-refractivity contribution >= 4 is 38.4 Å². The summed E-state index contributed by atoms with van der Waals surface area (Å²) in [5.41, 5.74) is 2.88. The van der Waals surface area contributed by atoms with Gasteiger partial charge in [-0.2, -0.15) is 4.31 Å². The van der Waals surface area contributed by atoms with Crippen molar-refractivity contribution in [3.63, 3.8) is 0 Å². The number of carbonyl (C=O) groups is 1. The van der Waals surface area contributed by atoms with Gasteiger partial charge in [0, 0.05) is 55.3 Å². The highest BCUT2D eigenvalue weighted by atomic mass is 32.2. The van der Waals surface area contributed by atoms with Crippen LogP contribution < -0.4 is 24.3 Å². The highest BCUT2D eigenvalue weighted by Crippen LogP contribution is 2.62. The number of nitrogens with zero attached hydrogens (tertiary/aromatic N) is 3. The lowest BCUT2D eigenvalue weighted by Gasteiger charge is -2.59. The number of amides is 1. The van der Waals surface area contributed by atoms with Gasteiger partial charge in [0.2, 0.25) is 15.8 Å². The van der Waals surface area contributed by atoms with Gasteiger partial charge in [-0.05, 0) is 98.9 Å². The van der Waals surface area contributed by atoms with E-state index in [9.17, 15) is 15.0 Å². The van der Waals surface area contributed by atoms with Gasteiger partial charge >= 0.3 is 6.09 Å². The molecule has 7 rings (SSSR count). The van der Waals surface area contributed by atoms with Crippen LogP contribution in [0.3, 0.4) is 0 Å². The monoisotopic (exact) mass is 926 g/mol. The summed E-state index contributed by atoms with van der Waals surface area (Å²) in [5.74, 6) is -1.22. The van der Waals surface area contributed by atoms with E-state index >= 15 is 8.42 Å². The van der Waals surface area contributed by atoms with E-state index in [2.05, 4.69) is 23.0 Å². The van der Waals surface area contributed by atoms with Gasteiger partial charge in [-0.1, -0.05) is 55.3 Å². The standard InChI is InChI=1S/C50H62N4O11S/c1-6-25-54(66(58,59)44-19-13-16-33-17-14-24-51-48(33)44)45-32-41(53-63-8-3)38-29-34(15-9-11-26-55)37(18-10-12-27-56)46-39-30-36(21-23-42(39)65-50(45,47(38)46)62-28-7-2)64-49(57)52-40-22-20-35(60-4)31-43(40)61-5/h7,13-14,16-17,19-24,29-31,34,37,45-47,55-56H,2,6,8-12,15,18,25-28,32H2,1,3-5H3,(H,52,57). The summed E-state index contributed by atoms with van der Waals surface area (Å²) in [4.78, 5) is 24.1. The summed E-state index contributed by atoms with van der Waals surface area (Å²) in [6.45, 7) is 8.28. The zero-order valence-corrected chi connectivity index (χ0v) is 39.0. The normalized spacial score (nSPS) is 22.7. The molecule has 0 saturated heterocycles. The maximum Gasteiger partial charge on any atom is 0.417 e. The van der Waals surface area contributed by atoms with Crippen LogP contribution in [-0.4, -0.2) is 98.7 Å². The number of benzene rings is 3. The minimum atomic E-state index is -4.32. The quantitative estimate of drug-likeness (QED) is 0.0388. The summed E-state index contributed by atoms with van der Waals surface area (Å²) in [6.07, 6.45) is 9.35. The zero-order valence-electron chi connectivity index (χ0n) is 38.2. The predicted molar refractivity (Wildman–Crippen MR) is 252 cm³/mol. The molecule has 1 saturated carbocycles. The first kappa shape index (κ1) is 48.4. The minimum absolute atomic E-state index is 0.0232. The van der Waals surface area contributed by atoms with Gasteiger partial charge in [-0.3, -0.25) is 10.3 Å². The van der Waals surface area contributed by atoms with Crippen LogP contribution in [-0.2, 0) is 19.6 Å². The van der Waals surface area contributed by atoms with Crippen LogP contribution in [0.15, 0.2) is 107 Å². The zero-order chi connectivity index (χ0) is 46.8. The largest absolute Gasteiger partial charge is 0.497 e.